The molecule has 2 amide bonds. The van der Waals surface area contributed by atoms with Gasteiger partial charge in [0.2, 0.25) is 5.91 Å². The van der Waals surface area contributed by atoms with E-state index in [1.54, 1.807) is 7.11 Å². The Bertz CT molecular complexity index is 944. The third-order valence-corrected chi connectivity index (χ3v) is 7.45. The summed E-state index contributed by atoms with van der Waals surface area (Å²) in [5, 5.41) is 6.15. The lowest BCUT2D eigenvalue weighted by Gasteiger charge is -2.26. The maximum atomic E-state index is 13.1. The third kappa shape index (κ3) is 7.50. The molecule has 6 nitrogen and oxygen atoms in total. The predicted molar refractivity (Wildman–Crippen MR) is 139 cm³/mol. The SMILES string of the molecule is COc1ccccc1C(CNC(=O)c1ccccc1SCC(=O)NCC1CCCCC1)N(C)C. The number of methoxy groups -OCH3 is 1. The minimum atomic E-state index is -0.146. The number of carbonyl (C=O) groups excluding carboxylic acids is 2. The Morgan fingerprint density at radius 2 is 1.74 bits per heavy atom. The zero-order valence-electron chi connectivity index (χ0n) is 20.5. The molecule has 34 heavy (non-hydrogen) atoms. The second kappa shape index (κ2) is 13.4. The number of rotatable bonds is 11. The second-order valence-electron chi connectivity index (χ2n) is 9.02. The predicted octanol–water partition coefficient (Wildman–Crippen LogP) is 4.52. The maximum Gasteiger partial charge on any atom is 0.252 e. The minimum Gasteiger partial charge on any atom is -0.496 e. The van der Waals surface area contributed by atoms with Crippen molar-refractivity contribution in [1.29, 1.82) is 0 Å². The van der Waals surface area contributed by atoms with E-state index in [0.29, 0.717) is 23.8 Å². The monoisotopic (exact) mass is 483 g/mol. The van der Waals surface area contributed by atoms with Gasteiger partial charge in [-0.05, 0) is 51.1 Å². The van der Waals surface area contributed by atoms with E-state index < -0.39 is 0 Å². The summed E-state index contributed by atoms with van der Waals surface area (Å²) in [6.45, 7) is 1.20. The Labute approximate surface area is 207 Å². The molecule has 2 N–H and O–H groups in total. The molecule has 0 radical (unpaired) electrons. The van der Waals surface area contributed by atoms with Crippen LogP contribution in [0.1, 0.15) is 54.1 Å². The van der Waals surface area contributed by atoms with Gasteiger partial charge in [-0.2, -0.15) is 0 Å². The molecule has 2 aromatic rings. The third-order valence-electron chi connectivity index (χ3n) is 6.38. The van der Waals surface area contributed by atoms with Crippen molar-refractivity contribution in [3.05, 3.63) is 59.7 Å². The Hall–Kier alpha value is -2.51. The Kier molecular flexibility index (Phi) is 10.3. The number of hydrogen-bond acceptors (Lipinski definition) is 5. The van der Waals surface area contributed by atoms with Gasteiger partial charge in [0.05, 0.1) is 24.5 Å². The van der Waals surface area contributed by atoms with E-state index in [1.165, 1.54) is 43.9 Å². The van der Waals surface area contributed by atoms with Crippen LogP contribution in [-0.2, 0) is 4.79 Å². The van der Waals surface area contributed by atoms with Crippen molar-refractivity contribution in [2.75, 3.05) is 40.0 Å². The summed E-state index contributed by atoms with van der Waals surface area (Å²) in [6, 6.07) is 15.3. The average Bonchev–Trinajstić information content (AvgIpc) is 2.87. The fourth-order valence-electron chi connectivity index (χ4n) is 4.42. The van der Waals surface area contributed by atoms with Gasteiger partial charge in [0.1, 0.15) is 5.75 Å². The number of thioether (sulfide) groups is 1. The van der Waals surface area contributed by atoms with Crippen molar-refractivity contribution < 1.29 is 14.3 Å². The van der Waals surface area contributed by atoms with Gasteiger partial charge in [0, 0.05) is 23.5 Å². The van der Waals surface area contributed by atoms with E-state index in [0.717, 1.165) is 22.8 Å². The van der Waals surface area contributed by atoms with Gasteiger partial charge in [-0.1, -0.05) is 49.6 Å². The zero-order valence-corrected chi connectivity index (χ0v) is 21.3. The van der Waals surface area contributed by atoms with Gasteiger partial charge in [-0.3, -0.25) is 9.59 Å². The smallest absolute Gasteiger partial charge is 0.252 e. The van der Waals surface area contributed by atoms with E-state index >= 15 is 0 Å². The summed E-state index contributed by atoms with van der Waals surface area (Å²) in [4.78, 5) is 28.4. The standard InChI is InChI=1S/C27H37N3O3S/c1-30(2)23(21-13-7-9-15-24(21)33-3)18-29-27(32)22-14-8-10-16-25(22)34-19-26(31)28-17-20-11-5-4-6-12-20/h7-10,13-16,20,23H,4-6,11-12,17-19H2,1-3H3,(H,28,31)(H,29,32). The molecule has 0 spiro atoms. The number of nitrogens with one attached hydrogen (secondary N) is 2. The molecule has 1 aliphatic rings. The minimum absolute atomic E-state index is 0.0228. The van der Waals surface area contributed by atoms with Crippen LogP contribution in [0.25, 0.3) is 0 Å². The number of carbonyl (C=O) groups is 2. The van der Waals surface area contributed by atoms with Crippen LogP contribution in [-0.4, -0.2) is 56.8 Å². The van der Waals surface area contributed by atoms with Crippen LogP contribution in [0.4, 0.5) is 0 Å². The molecule has 0 saturated heterocycles. The van der Waals surface area contributed by atoms with Crippen molar-refractivity contribution in [2.45, 2.75) is 43.0 Å². The van der Waals surface area contributed by atoms with E-state index in [9.17, 15) is 9.59 Å². The molecule has 0 bridgehead atoms. The highest BCUT2D eigenvalue weighted by molar-refractivity contribution is 8.00. The van der Waals surface area contributed by atoms with Gasteiger partial charge in [-0.15, -0.1) is 11.8 Å². The molecular formula is C27H37N3O3S. The van der Waals surface area contributed by atoms with Crippen molar-refractivity contribution in [3.63, 3.8) is 0 Å². The molecule has 1 saturated carbocycles. The molecule has 0 aliphatic heterocycles. The molecule has 2 aromatic carbocycles. The van der Waals surface area contributed by atoms with E-state index in [2.05, 4.69) is 15.5 Å². The number of ether oxygens (including phenoxy) is 1. The van der Waals surface area contributed by atoms with Crippen LogP contribution in [0.15, 0.2) is 53.4 Å². The van der Waals surface area contributed by atoms with E-state index in [4.69, 9.17) is 4.74 Å². The molecule has 1 aliphatic carbocycles. The molecule has 3 rings (SSSR count). The maximum absolute atomic E-state index is 13.1. The Balaban J connectivity index is 1.57. The number of nitrogens with zero attached hydrogens (tertiary/aromatic N) is 1. The molecule has 1 atom stereocenters. The van der Waals surface area contributed by atoms with Crippen LogP contribution in [0.3, 0.4) is 0 Å². The van der Waals surface area contributed by atoms with Crippen LogP contribution < -0.4 is 15.4 Å². The fraction of sp³-hybridized carbons (Fsp3) is 0.481. The first-order chi connectivity index (χ1) is 16.5. The molecular weight excluding hydrogens is 446 g/mol. The summed E-state index contributed by atoms with van der Waals surface area (Å²) < 4.78 is 5.52. The summed E-state index contributed by atoms with van der Waals surface area (Å²) >= 11 is 1.41. The first kappa shape index (κ1) is 26.1. The first-order valence-electron chi connectivity index (χ1n) is 12.1. The molecule has 1 fully saturated rings. The average molecular weight is 484 g/mol. The van der Waals surface area contributed by atoms with Gasteiger partial charge in [-0.25, -0.2) is 0 Å². The molecule has 184 valence electrons. The Morgan fingerprint density at radius 1 is 1.03 bits per heavy atom. The number of hydrogen-bond donors (Lipinski definition) is 2. The normalized spacial score (nSPS) is 15.1. The van der Waals surface area contributed by atoms with Crippen LogP contribution in [0, 0.1) is 5.92 Å². The van der Waals surface area contributed by atoms with E-state index in [-0.39, 0.29) is 17.9 Å². The molecule has 7 heteroatoms. The highest BCUT2D eigenvalue weighted by Gasteiger charge is 2.21. The van der Waals surface area contributed by atoms with Crippen LogP contribution in [0.5, 0.6) is 5.75 Å². The topological polar surface area (TPSA) is 70.7 Å². The van der Waals surface area contributed by atoms with Gasteiger partial charge in [0.25, 0.3) is 5.91 Å². The highest BCUT2D eigenvalue weighted by Crippen LogP contribution is 2.28. The first-order valence-corrected chi connectivity index (χ1v) is 13.0. The molecule has 1 unspecified atom stereocenters. The summed E-state index contributed by atoms with van der Waals surface area (Å²) in [5.41, 5.74) is 1.61. The van der Waals surface area contributed by atoms with Gasteiger partial charge >= 0.3 is 0 Å². The quantitative estimate of drug-likeness (QED) is 0.460. The van der Waals surface area contributed by atoms with Crippen LogP contribution in [0.2, 0.25) is 0 Å². The van der Waals surface area contributed by atoms with Crippen molar-refractivity contribution >= 4 is 23.6 Å². The highest BCUT2D eigenvalue weighted by atomic mass is 32.2. The largest absolute Gasteiger partial charge is 0.496 e. The number of amides is 2. The number of likely N-dealkylation sites (N-methyl/N-ethyl adjacent to an activating group) is 1. The summed E-state index contributed by atoms with van der Waals surface area (Å²) in [5.74, 6) is 1.58. The van der Waals surface area contributed by atoms with Crippen molar-refractivity contribution in [3.8, 4) is 5.75 Å². The second-order valence-corrected chi connectivity index (χ2v) is 10.0. The van der Waals surface area contributed by atoms with E-state index in [1.807, 2.05) is 62.6 Å². The summed E-state index contributed by atoms with van der Waals surface area (Å²) in [6.07, 6.45) is 6.26. The van der Waals surface area contributed by atoms with Gasteiger partial charge in [0.15, 0.2) is 0 Å². The lowest BCUT2D eigenvalue weighted by Crippen LogP contribution is -2.35. The van der Waals surface area contributed by atoms with Crippen molar-refractivity contribution in [2.24, 2.45) is 5.92 Å². The van der Waals surface area contributed by atoms with Crippen molar-refractivity contribution in [1.82, 2.24) is 15.5 Å². The zero-order chi connectivity index (χ0) is 24.3. The van der Waals surface area contributed by atoms with Gasteiger partial charge < -0.3 is 20.3 Å². The summed E-state index contributed by atoms with van der Waals surface area (Å²) in [7, 11) is 5.63. The number of benzene rings is 2. The number of para-hydroxylation sites is 1. The molecule has 0 heterocycles. The fourth-order valence-corrected chi connectivity index (χ4v) is 5.30. The lowest BCUT2D eigenvalue weighted by atomic mass is 9.89. The lowest BCUT2D eigenvalue weighted by molar-refractivity contribution is -0.118. The van der Waals surface area contributed by atoms with Crippen LogP contribution >= 0.6 is 11.8 Å². The Morgan fingerprint density at radius 3 is 2.47 bits per heavy atom. The molecule has 0 aromatic heterocycles.